The average Bonchev–Trinajstić information content (AvgIpc) is 2.99. The molecule has 2 rings (SSSR count). The summed E-state index contributed by atoms with van der Waals surface area (Å²) in [6, 6.07) is 7.46. The molecule has 0 spiro atoms. The molecule has 0 aromatic heterocycles. The van der Waals surface area contributed by atoms with Crippen molar-refractivity contribution in [3.63, 3.8) is 0 Å². The molecule has 0 unspecified atom stereocenters. The zero-order valence-electron chi connectivity index (χ0n) is 26.6. The number of nitrogens with zero attached hydrogens (tertiary/aromatic N) is 2. The first-order valence-corrected chi connectivity index (χ1v) is 14.7. The molecule has 218 valence electrons. The number of amides is 1. The second kappa shape index (κ2) is 23.9. The van der Waals surface area contributed by atoms with Gasteiger partial charge in [-0.3, -0.25) is 9.79 Å². The predicted molar refractivity (Wildman–Crippen MR) is 177 cm³/mol. The number of anilines is 1. The van der Waals surface area contributed by atoms with Crippen LogP contribution in [0.2, 0.25) is 0 Å². The first-order valence-electron chi connectivity index (χ1n) is 14.7. The summed E-state index contributed by atoms with van der Waals surface area (Å²) in [6.07, 6.45) is 15.9. The van der Waals surface area contributed by atoms with Crippen LogP contribution in [0, 0.1) is 5.92 Å². The van der Waals surface area contributed by atoms with E-state index in [-0.39, 0.29) is 5.91 Å². The number of hydrogen-bond acceptors (Lipinski definition) is 3. The highest BCUT2D eigenvalue weighted by Crippen LogP contribution is 2.26. The highest BCUT2D eigenvalue weighted by Gasteiger charge is 2.11. The van der Waals surface area contributed by atoms with Crippen LogP contribution in [-0.4, -0.2) is 26.2 Å². The van der Waals surface area contributed by atoms with Gasteiger partial charge in [-0.15, -0.1) is 0 Å². The van der Waals surface area contributed by atoms with E-state index in [2.05, 4.69) is 37.1 Å². The van der Waals surface area contributed by atoms with Gasteiger partial charge in [0.25, 0.3) is 5.91 Å². The highest BCUT2D eigenvalue weighted by atomic mass is 16.1. The molecule has 1 saturated carbocycles. The fraction of sp³-hybridized carbons (Fsp3) is 0.486. The predicted octanol–water partition coefficient (Wildman–Crippen LogP) is 10.1. The van der Waals surface area contributed by atoms with Gasteiger partial charge in [-0.25, -0.2) is 0 Å². The Balaban J connectivity index is 0. The van der Waals surface area contributed by atoms with Crippen LogP contribution in [-0.2, 0) is 0 Å². The Labute approximate surface area is 241 Å². The molecule has 0 radical (unpaired) electrons. The molecule has 4 nitrogen and oxygen atoms in total. The molecule has 0 heterocycles. The molecule has 0 aliphatic heterocycles. The zero-order valence-corrected chi connectivity index (χ0v) is 26.6. The average molecular weight is 536 g/mol. The van der Waals surface area contributed by atoms with E-state index in [1.54, 1.807) is 12.1 Å². The molecule has 1 aliphatic rings. The van der Waals surface area contributed by atoms with Crippen LogP contribution in [0.3, 0.4) is 0 Å². The minimum atomic E-state index is -0.0764. The van der Waals surface area contributed by atoms with Crippen molar-refractivity contribution in [3.05, 3.63) is 89.8 Å². The lowest BCUT2D eigenvalue weighted by molar-refractivity contribution is 0.0953. The van der Waals surface area contributed by atoms with Crippen molar-refractivity contribution >= 4 is 18.3 Å². The van der Waals surface area contributed by atoms with Crippen LogP contribution in [0.15, 0.2) is 89.3 Å². The number of allylic oxidation sites excluding steroid dienone is 5. The number of hydrogen-bond donors (Lipinski definition) is 1. The Hall–Kier alpha value is -3.14. The second-order valence-corrected chi connectivity index (χ2v) is 9.10. The normalized spacial score (nSPS) is 13.7. The molecule has 1 aliphatic carbocycles. The molecule has 1 aromatic rings. The second-order valence-electron chi connectivity index (χ2n) is 9.10. The maximum atomic E-state index is 12.2. The van der Waals surface area contributed by atoms with Gasteiger partial charge in [-0.05, 0) is 62.2 Å². The van der Waals surface area contributed by atoms with Crippen molar-refractivity contribution in [2.24, 2.45) is 10.9 Å². The van der Waals surface area contributed by atoms with E-state index in [0.717, 1.165) is 34.7 Å². The number of nitrogens with one attached hydrogen (secondary N) is 1. The molecule has 1 amide bonds. The Morgan fingerprint density at radius 2 is 1.77 bits per heavy atom. The van der Waals surface area contributed by atoms with E-state index in [9.17, 15) is 4.79 Å². The van der Waals surface area contributed by atoms with Gasteiger partial charge in [0.1, 0.15) is 0 Å². The van der Waals surface area contributed by atoms with E-state index in [4.69, 9.17) is 0 Å². The molecule has 0 saturated heterocycles. The fourth-order valence-corrected chi connectivity index (χ4v) is 3.87. The zero-order chi connectivity index (χ0) is 30.2. The van der Waals surface area contributed by atoms with Gasteiger partial charge in [0.15, 0.2) is 0 Å². The van der Waals surface area contributed by atoms with Crippen LogP contribution < -0.4 is 10.2 Å². The molecule has 0 atom stereocenters. The number of rotatable bonds is 10. The number of carbonyl (C=O) groups excluding carboxylic acids is 1. The van der Waals surface area contributed by atoms with E-state index in [1.807, 2.05) is 97.0 Å². The minimum absolute atomic E-state index is 0.0764. The summed E-state index contributed by atoms with van der Waals surface area (Å²) in [7, 11) is 1.90. The van der Waals surface area contributed by atoms with E-state index < -0.39 is 0 Å². The minimum Gasteiger partial charge on any atom is -0.352 e. The van der Waals surface area contributed by atoms with Crippen LogP contribution >= 0.6 is 0 Å². The smallest absolute Gasteiger partial charge is 0.251 e. The lowest BCUT2D eigenvalue weighted by Crippen LogP contribution is -2.24. The SMILES string of the molecule is C=C/C=C(C(=C)/C(=C/N(C)c1cccc(C(=O)NCCC)c1)N=C)\C(C)=C/C.CC.CC.CC1CCCCC1. The maximum Gasteiger partial charge on any atom is 0.251 e. The maximum absolute atomic E-state index is 12.2. The van der Waals surface area contributed by atoms with Crippen molar-refractivity contribution in [1.29, 1.82) is 0 Å². The van der Waals surface area contributed by atoms with Gasteiger partial charge < -0.3 is 10.2 Å². The molecule has 1 N–H and O–H groups in total. The molecule has 1 aromatic carbocycles. The lowest BCUT2D eigenvalue weighted by atomic mass is 9.91. The number of benzene rings is 1. The van der Waals surface area contributed by atoms with Crippen molar-refractivity contribution in [1.82, 2.24) is 5.32 Å². The quantitative estimate of drug-likeness (QED) is 0.239. The van der Waals surface area contributed by atoms with Crippen molar-refractivity contribution in [2.75, 3.05) is 18.5 Å². The Morgan fingerprint density at radius 3 is 2.23 bits per heavy atom. The monoisotopic (exact) mass is 535 g/mol. The Bertz CT molecular complexity index is 946. The Kier molecular flexibility index (Phi) is 23.3. The molecule has 39 heavy (non-hydrogen) atoms. The number of aliphatic imine (C=N–C) groups is 1. The first-order chi connectivity index (χ1) is 18.8. The van der Waals surface area contributed by atoms with E-state index in [1.165, 1.54) is 32.1 Å². The largest absolute Gasteiger partial charge is 0.352 e. The first kappa shape index (κ1) is 38.0. The van der Waals surface area contributed by atoms with Crippen LogP contribution in [0.1, 0.15) is 104 Å². The lowest BCUT2D eigenvalue weighted by Gasteiger charge is -2.18. The highest BCUT2D eigenvalue weighted by molar-refractivity contribution is 5.95. The fourth-order valence-electron chi connectivity index (χ4n) is 3.87. The third-order valence-corrected chi connectivity index (χ3v) is 6.21. The van der Waals surface area contributed by atoms with Crippen molar-refractivity contribution < 1.29 is 4.79 Å². The van der Waals surface area contributed by atoms with Gasteiger partial charge in [-0.1, -0.05) is 111 Å². The standard InChI is InChI=1S/C24H31N3O.C7H14.2C2H6/c1-8-12-22(18(4)10-3)19(5)23(25-6)17-27(7)21-14-11-13-20(16-21)24(28)26-15-9-2;1-7-5-3-2-4-6-7;2*1-2/h8,10-14,16-17H,1,5-6,9,15H2,2-4,7H3,(H,26,28);7H,2-6H2,1H3;2*1-2H3/b18-10-,22-12+,23-17-;;;. The summed E-state index contributed by atoms with van der Waals surface area (Å²) in [5.74, 6) is 0.959. The molecular formula is C35H57N3O. The van der Waals surface area contributed by atoms with Gasteiger partial charge >= 0.3 is 0 Å². The van der Waals surface area contributed by atoms with Crippen molar-refractivity contribution in [3.8, 4) is 0 Å². The summed E-state index contributed by atoms with van der Waals surface area (Å²) < 4.78 is 0. The Morgan fingerprint density at radius 1 is 1.15 bits per heavy atom. The molecule has 0 bridgehead atoms. The molecule has 4 heteroatoms. The van der Waals surface area contributed by atoms with Gasteiger partial charge in [0, 0.05) is 36.6 Å². The third kappa shape index (κ3) is 15.1. The summed E-state index contributed by atoms with van der Waals surface area (Å²) in [4.78, 5) is 18.3. The van der Waals surface area contributed by atoms with Crippen LogP contribution in [0.25, 0.3) is 0 Å². The third-order valence-electron chi connectivity index (χ3n) is 6.21. The van der Waals surface area contributed by atoms with Crippen molar-refractivity contribution in [2.45, 2.75) is 93.9 Å². The molecular weight excluding hydrogens is 478 g/mol. The van der Waals surface area contributed by atoms with Crippen LogP contribution in [0.4, 0.5) is 5.69 Å². The summed E-state index contributed by atoms with van der Waals surface area (Å²) >= 11 is 0. The molecule has 1 fully saturated rings. The summed E-state index contributed by atoms with van der Waals surface area (Å²) in [6.45, 7) is 28.7. The summed E-state index contributed by atoms with van der Waals surface area (Å²) in [5.41, 5.74) is 4.94. The van der Waals surface area contributed by atoms with E-state index >= 15 is 0 Å². The van der Waals surface area contributed by atoms with Crippen LogP contribution in [0.5, 0.6) is 0 Å². The van der Waals surface area contributed by atoms with Gasteiger partial charge in [0.2, 0.25) is 0 Å². The van der Waals surface area contributed by atoms with Gasteiger partial charge in [-0.2, -0.15) is 0 Å². The van der Waals surface area contributed by atoms with E-state index in [0.29, 0.717) is 17.8 Å². The summed E-state index contributed by atoms with van der Waals surface area (Å²) in [5, 5.41) is 2.89. The topological polar surface area (TPSA) is 44.7 Å². The van der Waals surface area contributed by atoms with Gasteiger partial charge in [0.05, 0.1) is 5.70 Å². The number of carbonyl (C=O) groups is 1.